The number of hydrogen-bond donors (Lipinski definition) is 0. The van der Waals surface area contributed by atoms with Gasteiger partial charge in [0.1, 0.15) is 11.3 Å². The number of Topliss-reactive ketones (excluding diaryl/α,β-unsaturated/α-hetero) is 1. The molecule has 0 saturated carbocycles. The number of carbonyl (C=O) groups excluding carboxylic acids is 1. The molecule has 0 atom stereocenters. The van der Waals surface area contributed by atoms with Crippen molar-refractivity contribution in [2.75, 3.05) is 11.1 Å². The van der Waals surface area contributed by atoms with E-state index in [1.807, 2.05) is 0 Å². The summed E-state index contributed by atoms with van der Waals surface area (Å²) in [5.74, 6) is -0.413. The van der Waals surface area contributed by atoms with E-state index in [-0.39, 0.29) is 27.6 Å². The normalized spacial score (nSPS) is 11.9. The lowest BCUT2D eigenvalue weighted by Gasteiger charge is -2.03. The van der Waals surface area contributed by atoms with E-state index >= 15 is 0 Å². The molecule has 18 heavy (non-hydrogen) atoms. The molecule has 2 rings (SSSR count). The highest BCUT2D eigenvalue weighted by Gasteiger charge is 2.26. The number of hydrogen-bond acceptors (Lipinski definition) is 4. The Morgan fingerprint density at radius 1 is 1.44 bits per heavy atom. The SMILES string of the molecule is CCS(=O)(=O)c1c(C(=O)CBr)nc2ccccn12. The third-order valence-corrected chi connectivity index (χ3v) is 4.79. The average molecular weight is 331 g/mol. The minimum atomic E-state index is -3.51. The van der Waals surface area contributed by atoms with Crippen molar-refractivity contribution in [3.05, 3.63) is 30.1 Å². The Hall–Kier alpha value is -1.21. The number of sulfone groups is 1. The molecule has 0 aliphatic rings. The number of rotatable bonds is 4. The molecular weight excluding hydrogens is 320 g/mol. The first-order chi connectivity index (χ1) is 8.51. The van der Waals surface area contributed by atoms with Crippen LogP contribution in [0.4, 0.5) is 0 Å². The lowest BCUT2D eigenvalue weighted by atomic mass is 10.3. The van der Waals surface area contributed by atoms with Gasteiger partial charge < -0.3 is 0 Å². The first kappa shape index (κ1) is 13.2. The van der Waals surface area contributed by atoms with Gasteiger partial charge in [-0.15, -0.1) is 0 Å². The van der Waals surface area contributed by atoms with Crippen LogP contribution < -0.4 is 0 Å². The fraction of sp³-hybridized carbons (Fsp3) is 0.273. The van der Waals surface area contributed by atoms with Gasteiger partial charge >= 0.3 is 0 Å². The number of fused-ring (bicyclic) bond motifs is 1. The Morgan fingerprint density at radius 2 is 2.17 bits per heavy atom. The number of alkyl halides is 1. The maximum absolute atomic E-state index is 12.1. The van der Waals surface area contributed by atoms with E-state index in [1.54, 1.807) is 31.3 Å². The van der Waals surface area contributed by atoms with Crippen LogP contribution in [0.25, 0.3) is 5.65 Å². The van der Waals surface area contributed by atoms with E-state index in [1.165, 1.54) is 4.40 Å². The molecule has 0 amide bonds. The highest BCUT2D eigenvalue weighted by atomic mass is 79.9. The van der Waals surface area contributed by atoms with Crippen LogP contribution in [-0.2, 0) is 9.84 Å². The highest BCUT2D eigenvalue weighted by molar-refractivity contribution is 9.09. The summed E-state index contributed by atoms with van der Waals surface area (Å²) in [6.45, 7) is 1.54. The van der Waals surface area contributed by atoms with Gasteiger partial charge in [0.05, 0.1) is 11.1 Å². The molecule has 0 N–H and O–H groups in total. The minimum absolute atomic E-state index is 0.0000694. The monoisotopic (exact) mass is 330 g/mol. The number of nitrogens with zero attached hydrogens (tertiary/aromatic N) is 2. The van der Waals surface area contributed by atoms with Crippen LogP contribution in [0.15, 0.2) is 29.4 Å². The van der Waals surface area contributed by atoms with Crippen molar-refractivity contribution < 1.29 is 13.2 Å². The number of imidazole rings is 1. The quantitative estimate of drug-likeness (QED) is 0.632. The van der Waals surface area contributed by atoms with Gasteiger partial charge in [-0.2, -0.15) is 0 Å². The summed E-state index contributed by atoms with van der Waals surface area (Å²) < 4.78 is 25.6. The van der Waals surface area contributed by atoms with E-state index in [0.29, 0.717) is 5.65 Å². The Bertz CT molecular complexity index is 706. The van der Waals surface area contributed by atoms with Gasteiger partial charge in [0.2, 0.25) is 0 Å². The highest BCUT2D eigenvalue weighted by Crippen LogP contribution is 2.20. The van der Waals surface area contributed by atoms with Crippen LogP contribution in [0.1, 0.15) is 17.4 Å². The lowest BCUT2D eigenvalue weighted by Crippen LogP contribution is -2.13. The molecule has 0 unspecified atom stereocenters. The zero-order chi connectivity index (χ0) is 13.3. The van der Waals surface area contributed by atoms with Gasteiger partial charge in [-0.05, 0) is 12.1 Å². The van der Waals surface area contributed by atoms with Crippen LogP contribution >= 0.6 is 15.9 Å². The maximum Gasteiger partial charge on any atom is 0.196 e. The van der Waals surface area contributed by atoms with Crippen molar-refractivity contribution in [2.24, 2.45) is 0 Å². The summed E-state index contributed by atoms with van der Waals surface area (Å²) in [5.41, 5.74) is 0.453. The van der Waals surface area contributed by atoms with Crippen LogP contribution in [-0.4, -0.2) is 34.7 Å². The molecule has 0 bridgehead atoms. The number of halogens is 1. The van der Waals surface area contributed by atoms with E-state index in [0.717, 1.165) is 0 Å². The fourth-order valence-corrected chi connectivity index (χ4v) is 3.10. The summed E-state index contributed by atoms with van der Waals surface area (Å²) in [6, 6.07) is 5.11. The van der Waals surface area contributed by atoms with Crippen molar-refractivity contribution in [1.82, 2.24) is 9.38 Å². The molecule has 0 aromatic carbocycles. The predicted octanol–water partition coefficient (Wildman–Crippen LogP) is 1.71. The summed E-state index contributed by atoms with van der Waals surface area (Å²) in [4.78, 5) is 15.9. The number of pyridine rings is 1. The molecule has 0 saturated heterocycles. The number of carbonyl (C=O) groups is 1. The molecule has 2 aromatic heterocycles. The molecule has 0 spiro atoms. The third-order valence-electron chi connectivity index (χ3n) is 2.55. The van der Waals surface area contributed by atoms with Gasteiger partial charge in [-0.3, -0.25) is 9.20 Å². The maximum atomic E-state index is 12.1. The summed E-state index contributed by atoms with van der Waals surface area (Å²) in [5, 5.41) is 0.0217. The molecule has 0 fully saturated rings. The molecule has 2 aromatic rings. The van der Waals surface area contributed by atoms with E-state index in [9.17, 15) is 13.2 Å². The third kappa shape index (κ3) is 2.08. The van der Waals surface area contributed by atoms with Crippen molar-refractivity contribution in [2.45, 2.75) is 11.9 Å². The first-order valence-electron chi connectivity index (χ1n) is 5.30. The second kappa shape index (κ2) is 4.81. The van der Waals surface area contributed by atoms with Gasteiger partial charge in [0.15, 0.2) is 20.6 Å². The van der Waals surface area contributed by atoms with Gasteiger partial charge in [0.25, 0.3) is 0 Å². The van der Waals surface area contributed by atoms with Crippen molar-refractivity contribution >= 4 is 37.2 Å². The Kier molecular flexibility index (Phi) is 3.54. The van der Waals surface area contributed by atoms with Crippen LogP contribution in [0.3, 0.4) is 0 Å². The molecule has 0 aliphatic carbocycles. The zero-order valence-corrected chi connectivity index (χ0v) is 12.0. The largest absolute Gasteiger partial charge is 0.291 e. The second-order valence-corrected chi connectivity index (χ2v) is 6.41. The number of ketones is 1. The molecule has 96 valence electrons. The predicted molar refractivity (Wildman–Crippen MR) is 71.0 cm³/mol. The summed E-state index contributed by atoms with van der Waals surface area (Å²) in [6.07, 6.45) is 1.59. The van der Waals surface area contributed by atoms with Gasteiger partial charge in [0, 0.05) is 6.20 Å². The van der Waals surface area contributed by atoms with Gasteiger partial charge in [-0.1, -0.05) is 28.9 Å². The minimum Gasteiger partial charge on any atom is -0.291 e. The topological polar surface area (TPSA) is 68.5 Å². The fourth-order valence-electron chi connectivity index (χ4n) is 1.65. The van der Waals surface area contributed by atoms with E-state index in [4.69, 9.17) is 0 Å². The summed E-state index contributed by atoms with van der Waals surface area (Å²) in [7, 11) is -3.51. The summed E-state index contributed by atoms with van der Waals surface area (Å²) >= 11 is 3.04. The smallest absolute Gasteiger partial charge is 0.196 e. The Morgan fingerprint density at radius 3 is 2.78 bits per heavy atom. The van der Waals surface area contributed by atoms with Crippen molar-refractivity contribution in [3.8, 4) is 0 Å². The Labute approximate surface area is 113 Å². The van der Waals surface area contributed by atoms with Crippen LogP contribution in [0, 0.1) is 0 Å². The van der Waals surface area contributed by atoms with Crippen molar-refractivity contribution in [3.63, 3.8) is 0 Å². The van der Waals surface area contributed by atoms with Crippen molar-refractivity contribution in [1.29, 1.82) is 0 Å². The zero-order valence-electron chi connectivity index (χ0n) is 9.63. The van der Waals surface area contributed by atoms with Crippen LogP contribution in [0.5, 0.6) is 0 Å². The number of aromatic nitrogens is 2. The molecule has 2 heterocycles. The lowest BCUT2D eigenvalue weighted by molar-refractivity contribution is 0.101. The second-order valence-electron chi connectivity index (χ2n) is 3.65. The Balaban J connectivity index is 2.86. The van der Waals surface area contributed by atoms with Gasteiger partial charge in [-0.25, -0.2) is 13.4 Å². The molecule has 0 radical (unpaired) electrons. The molecule has 5 nitrogen and oxygen atoms in total. The average Bonchev–Trinajstić information content (AvgIpc) is 2.77. The molecular formula is C11H11BrN2O3S. The molecule has 0 aliphatic heterocycles. The first-order valence-corrected chi connectivity index (χ1v) is 8.07. The van der Waals surface area contributed by atoms with E-state index in [2.05, 4.69) is 20.9 Å². The standard InChI is InChI=1S/C11H11BrN2O3S/c1-2-18(16,17)11-10(8(15)7-12)13-9-5-3-4-6-14(9)11/h3-6H,2,7H2,1H3. The van der Waals surface area contributed by atoms with E-state index < -0.39 is 9.84 Å². The molecule has 7 heteroatoms. The van der Waals surface area contributed by atoms with Crippen LogP contribution in [0.2, 0.25) is 0 Å².